The van der Waals surface area contributed by atoms with Gasteiger partial charge in [-0.15, -0.1) is 0 Å². The Morgan fingerprint density at radius 2 is 1.70 bits per heavy atom. The molecule has 6 heteroatoms. The zero-order chi connectivity index (χ0) is 14.9. The van der Waals surface area contributed by atoms with Crippen molar-refractivity contribution in [2.75, 3.05) is 0 Å². The smallest absolute Gasteiger partial charge is 0.366 e. The molecule has 0 aliphatic carbocycles. The first-order chi connectivity index (χ1) is 9.30. The second kappa shape index (κ2) is 4.96. The lowest BCUT2D eigenvalue weighted by molar-refractivity contribution is -0.170. The molecular weight excluding hydrogens is 271 g/mol. The number of halogens is 3. The highest BCUT2D eigenvalue weighted by Crippen LogP contribution is 2.25. The molecule has 0 aromatic heterocycles. The van der Waals surface area contributed by atoms with Crippen molar-refractivity contribution < 1.29 is 22.8 Å². The van der Waals surface area contributed by atoms with Crippen LogP contribution in [-0.4, -0.2) is 17.9 Å². The van der Waals surface area contributed by atoms with Crippen LogP contribution in [0.25, 0.3) is 10.8 Å². The summed E-state index contributed by atoms with van der Waals surface area (Å²) in [5.41, 5.74) is 5.18. The number of hydrogen-bond acceptors (Lipinski definition) is 2. The van der Waals surface area contributed by atoms with Gasteiger partial charge in [0.15, 0.2) is 0 Å². The highest BCUT2D eigenvalue weighted by atomic mass is 19.4. The number of rotatable bonds is 3. The zero-order valence-electron chi connectivity index (χ0n) is 10.2. The average molecular weight is 281 g/mol. The van der Waals surface area contributed by atoms with Crippen LogP contribution in [-0.2, 0) is 11.2 Å². The maximum absolute atomic E-state index is 12.3. The van der Waals surface area contributed by atoms with Gasteiger partial charge < -0.3 is 5.73 Å². The molecule has 0 radical (unpaired) electrons. The molecule has 0 aliphatic rings. The summed E-state index contributed by atoms with van der Waals surface area (Å²) in [6.07, 6.45) is -5.83. The van der Waals surface area contributed by atoms with Crippen LogP contribution in [0.2, 0.25) is 0 Å². The van der Waals surface area contributed by atoms with E-state index < -0.39 is 24.3 Å². The molecule has 0 spiro atoms. The van der Waals surface area contributed by atoms with Crippen molar-refractivity contribution in [1.29, 1.82) is 0 Å². The van der Waals surface area contributed by atoms with Gasteiger partial charge in [-0.3, -0.25) is 9.59 Å². The molecule has 0 saturated carbocycles. The van der Waals surface area contributed by atoms with Crippen molar-refractivity contribution in [2.45, 2.75) is 12.6 Å². The Kier molecular flexibility index (Phi) is 3.48. The zero-order valence-corrected chi connectivity index (χ0v) is 10.2. The molecule has 1 amide bonds. The predicted octanol–water partition coefficient (Wildman–Crippen LogP) is 2.61. The summed E-state index contributed by atoms with van der Waals surface area (Å²) in [4.78, 5) is 22.6. The number of Topliss-reactive ketones (excluding diaryl/α,β-unsaturated/α-hetero) is 1. The molecular formula is C14H10F3NO2. The van der Waals surface area contributed by atoms with Crippen molar-refractivity contribution in [1.82, 2.24) is 0 Å². The summed E-state index contributed by atoms with van der Waals surface area (Å²) in [7, 11) is 0. The highest BCUT2D eigenvalue weighted by molar-refractivity contribution is 6.08. The Morgan fingerprint density at radius 3 is 2.30 bits per heavy atom. The number of carbonyl (C=O) groups is 2. The van der Waals surface area contributed by atoms with Crippen molar-refractivity contribution in [2.24, 2.45) is 5.73 Å². The van der Waals surface area contributed by atoms with Crippen LogP contribution in [0.5, 0.6) is 0 Å². The molecule has 2 rings (SSSR count). The summed E-state index contributed by atoms with van der Waals surface area (Å²) < 4.78 is 36.9. The second-order valence-electron chi connectivity index (χ2n) is 4.28. The van der Waals surface area contributed by atoms with E-state index in [-0.39, 0.29) is 11.1 Å². The number of ketones is 1. The summed E-state index contributed by atoms with van der Waals surface area (Å²) in [5, 5.41) is 1.11. The van der Waals surface area contributed by atoms with Crippen molar-refractivity contribution in [3.8, 4) is 0 Å². The normalized spacial score (nSPS) is 11.6. The maximum Gasteiger partial charge on any atom is 0.450 e. The molecule has 2 N–H and O–H groups in total. The SMILES string of the molecule is NC(=O)c1c(CC(=O)C(F)(F)F)ccc2ccccc12. The third kappa shape index (κ3) is 2.64. The number of benzene rings is 2. The van der Waals surface area contributed by atoms with Gasteiger partial charge in [0, 0.05) is 6.42 Å². The monoisotopic (exact) mass is 281 g/mol. The minimum atomic E-state index is -4.93. The van der Waals surface area contributed by atoms with Gasteiger partial charge >= 0.3 is 6.18 Å². The lowest BCUT2D eigenvalue weighted by atomic mass is 9.95. The predicted molar refractivity (Wildman–Crippen MR) is 67.2 cm³/mol. The topological polar surface area (TPSA) is 60.2 Å². The Labute approximate surface area is 112 Å². The van der Waals surface area contributed by atoms with Gasteiger partial charge in [0.05, 0.1) is 5.56 Å². The Hall–Kier alpha value is -2.37. The molecule has 0 saturated heterocycles. The number of amides is 1. The van der Waals surface area contributed by atoms with Crippen LogP contribution >= 0.6 is 0 Å². The van der Waals surface area contributed by atoms with Crippen LogP contribution in [0.4, 0.5) is 13.2 Å². The minimum Gasteiger partial charge on any atom is -0.366 e. The van der Waals surface area contributed by atoms with Crippen LogP contribution in [0.3, 0.4) is 0 Å². The van der Waals surface area contributed by atoms with E-state index in [9.17, 15) is 22.8 Å². The molecule has 0 atom stereocenters. The van der Waals surface area contributed by atoms with E-state index in [1.54, 1.807) is 30.3 Å². The molecule has 0 fully saturated rings. The first-order valence-electron chi connectivity index (χ1n) is 5.71. The van der Waals surface area contributed by atoms with Gasteiger partial charge in [-0.2, -0.15) is 13.2 Å². The number of alkyl halides is 3. The molecule has 20 heavy (non-hydrogen) atoms. The first kappa shape index (κ1) is 14.0. The number of carbonyl (C=O) groups excluding carboxylic acids is 2. The van der Waals surface area contributed by atoms with Crippen LogP contribution in [0.15, 0.2) is 36.4 Å². The van der Waals surface area contributed by atoms with E-state index in [2.05, 4.69) is 0 Å². The van der Waals surface area contributed by atoms with E-state index in [1.807, 2.05) is 0 Å². The molecule has 0 bridgehead atoms. The largest absolute Gasteiger partial charge is 0.450 e. The quantitative estimate of drug-likeness (QED) is 0.940. The van der Waals surface area contributed by atoms with E-state index in [0.717, 1.165) is 0 Å². The second-order valence-corrected chi connectivity index (χ2v) is 4.28. The molecule has 2 aromatic rings. The van der Waals surface area contributed by atoms with Crippen molar-refractivity contribution >= 4 is 22.5 Å². The first-order valence-corrected chi connectivity index (χ1v) is 5.71. The maximum atomic E-state index is 12.3. The Balaban J connectivity index is 2.57. The molecule has 0 unspecified atom stereocenters. The van der Waals surface area contributed by atoms with Crippen LogP contribution < -0.4 is 5.73 Å². The standard InChI is InChI=1S/C14H10F3NO2/c15-14(16,17)11(19)7-9-6-5-8-3-1-2-4-10(8)12(9)13(18)20/h1-6H,7H2,(H2,18,20). The van der Waals surface area contributed by atoms with Gasteiger partial charge in [0.25, 0.3) is 0 Å². The fourth-order valence-corrected chi connectivity index (χ4v) is 2.03. The molecule has 104 valence electrons. The number of primary amides is 1. The summed E-state index contributed by atoms with van der Waals surface area (Å²) in [6.45, 7) is 0. The number of nitrogens with two attached hydrogens (primary N) is 1. The minimum absolute atomic E-state index is 0.0153. The molecule has 0 heterocycles. The lowest BCUT2D eigenvalue weighted by Crippen LogP contribution is -2.26. The summed E-state index contributed by atoms with van der Waals surface area (Å²) >= 11 is 0. The van der Waals surface area contributed by atoms with E-state index in [4.69, 9.17) is 5.73 Å². The number of hydrogen-bond donors (Lipinski definition) is 1. The van der Waals surface area contributed by atoms with Gasteiger partial charge in [0.1, 0.15) is 0 Å². The van der Waals surface area contributed by atoms with Crippen LogP contribution in [0, 0.1) is 0 Å². The fraction of sp³-hybridized carbons (Fsp3) is 0.143. The Bertz CT molecular complexity index is 692. The van der Waals surface area contributed by atoms with Crippen LogP contribution in [0.1, 0.15) is 15.9 Å². The third-order valence-electron chi connectivity index (χ3n) is 2.93. The van der Waals surface area contributed by atoms with E-state index in [1.165, 1.54) is 6.07 Å². The van der Waals surface area contributed by atoms with Gasteiger partial charge in [-0.1, -0.05) is 36.4 Å². The number of fused-ring (bicyclic) bond motifs is 1. The summed E-state index contributed by atoms with van der Waals surface area (Å²) in [6, 6.07) is 9.54. The van der Waals surface area contributed by atoms with Gasteiger partial charge in [-0.05, 0) is 16.3 Å². The molecule has 3 nitrogen and oxygen atoms in total. The lowest BCUT2D eigenvalue weighted by Gasteiger charge is -2.11. The fourth-order valence-electron chi connectivity index (χ4n) is 2.03. The summed E-state index contributed by atoms with van der Waals surface area (Å²) in [5.74, 6) is -2.76. The Morgan fingerprint density at radius 1 is 1.05 bits per heavy atom. The highest BCUT2D eigenvalue weighted by Gasteiger charge is 2.38. The third-order valence-corrected chi connectivity index (χ3v) is 2.93. The van der Waals surface area contributed by atoms with Crippen molar-refractivity contribution in [3.05, 3.63) is 47.5 Å². The van der Waals surface area contributed by atoms with E-state index >= 15 is 0 Å². The average Bonchev–Trinajstić information content (AvgIpc) is 2.36. The van der Waals surface area contributed by atoms with Crippen molar-refractivity contribution in [3.63, 3.8) is 0 Å². The molecule has 0 aliphatic heterocycles. The van der Waals surface area contributed by atoms with Gasteiger partial charge in [-0.25, -0.2) is 0 Å². The molecule has 2 aromatic carbocycles. The van der Waals surface area contributed by atoms with Gasteiger partial charge in [0.2, 0.25) is 11.7 Å². The van der Waals surface area contributed by atoms with E-state index in [0.29, 0.717) is 10.8 Å².